The Hall–Kier alpha value is -2.07. The lowest BCUT2D eigenvalue weighted by Gasteiger charge is -2.25. The van der Waals surface area contributed by atoms with Crippen molar-refractivity contribution < 1.29 is 14.3 Å². The summed E-state index contributed by atoms with van der Waals surface area (Å²) in [6.07, 6.45) is 2.37. The van der Waals surface area contributed by atoms with Crippen molar-refractivity contribution >= 4 is 51.6 Å². The number of nitrogens with zero attached hydrogens (tertiary/aromatic N) is 2. The fraction of sp³-hybridized carbons (Fsp3) is 0.500. The van der Waals surface area contributed by atoms with E-state index in [9.17, 15) is 14.4 Å². The van der Waals surface area contributed by atoms with E-state index in [1.165, 1.54) is 11.4 Å². The Bertz CT molecular complexity index is 950. The van der Waals surface area contributed by atoms with Crippen LogP contribution in [0, 0.1) is 5.92 Å². The molecule has 8 nitrogen and oxygen atoms in total. The number of aromatic nitrogens is 2. The third kappa shape index (κ3) is 6.73. The van der Waals surface area contributed by atoms with E-state index in [1.807, 2.05) is 26.0 Å². The first-order valence-electron chi connectivity index (χ1n) is 9.76. The lowest BCUT2D eigenvalue weighted by atomic mass is 10.0. The summed E-state index contributed by atoms with van der Waals surface area (Å²) >= 11 is 7.67. The maximum atomic E-state index is 12.5. The first-order chi connectivity index (χ1) is 14.2. The van der Waals surface area contributed by atoms with Gasteiger partial charge < -0.3 is 15.0 Å². The zero-order chi connectivity index (χ0) is 22.3. The second-order valence-corrected chi connectivity index (χ2v) is 8.70. The van der Waals surface area contributed by atoms with Gasteiger partial charge in [0.15, 0.2) is 0 Å². The van der Waals surface area contributed by atoms with Gasteiger partial charge in [-0.3, -0.25) is 13.9 Å². The van der Waals surface area contributed by atoms with Crippen LogP contribution in [0.15, 0.2) is 27.5 Å². The van der Waals surface area contributed by atoms with Crippen LogP contribution in [0.25, 0.3) is 10.9 Å². The minimum absolute atomic E-state index is 0.0953. The van der Waals surface area contributed by atoms with Crippen LogP contribution in [-0.2, 0) is 16.0 Å². The van der Waals surface area contributed by atoms with E-state index in [-0.39, 0.29) is 17.4 Å². The molecule has 1 atom stereocenters. The number of benzene rings is 1. The van der Waals surface area contributed by atoms with Gasteiger partial charge in [0.2, 0.25) is 0 Å². The molecule has 0 spiro atoms. The van der Waals surface area contributed by atoms with Crippen LogP contribution in [0.5, 0.6) is 0 Å². The third-order valence-electron chi connectivity index (χ3n) is 4.65. The van der Waals surface area contributed by atoms with Crippen LogP contribution in [0.3, 0.4) is 0 Å². The lowest BCUT2D eigenvalue weighted by molar-refractivity contribution is -0.129. The maximum absolute atomic E-state index is 12.5. The summed E-state index contributed by atoms with van der Waals surface area (Å²) in [4.78, 5) is 43.5. The number of fused-ring (bicyclic) bond motifs is 1. The Morgan fingerprint density at radius 1 is 1.30 bits per heavy atom. The highest BCUT2D eigenvalue weighted by Crippen LogP contribution is 2.16. The van der Waals surface area contributed by atoms with E-state index in [2.05, 4.69) is 48.8 Å². The molecule has 0 aliphatic heterocycles. The normalized spacial score (nSPS) is 12.1. The van der Waals surface area contributed by atoms with Gasteiger partial charge in [-0.15, -0.1) is 0 Å². The molecule has 2 amide bonds. The summed E-state index contributed by atoms with van der Waals surface area (Å²) in [5, 5.41) is 3.11. The van der Waals surface area contributed by atoms with Crippen LogP contribution >= 0.6 is 28.7 Å². The summed E-state index contributed by atoms with van der Waals surface area (Å²) < 4.78 is 6.78. The molecule has 2 N–H and O–H groups in total. The number of carbonyl (C=O) groups excluding carboxylic acids is 2. The predicted molar refractivity (Wildman–Crippen MR) is 122 cm³/mol. The predicted octanol–water partition coefficient (Wildman–Crippen LogP) is 3.45. The number of nitrogens with one attached hydrogen (secondary N) is 2. The van der Waals surface area contributed by atoms with Crippen LogP contribution in [0.2, 0.25) is 0 Å². The van der Waals surface area contributed by atoms with Crippen LogP contribution in [-0.4, -0.2) is 46.0 Å². The van der Waals surface area contributed by atoms with Crippen molar-refractivity contribution in [3.8, 4) is 0 Å². The summed E-state index contributed by atoms with van der Waals surface area (Å²) in [6, 6.07) is 4.69. The van der Waals surface area contributed by atoms with Crippen LogP contribution in [0.4, 0.5) is 4.79 Å². The van der Waals surface area contributed by atoms with E-state index in [0.29, 0.717) is 29.7 Å². The molecule has 30 heavy (non-hydrogen) atoms. The van der Waals surface area contributed by atoms with Gasteiger partial charge in [0.1, 0.15) is 11.9 Å². The van der Waals surface area contributed by atoms with Gasteiger partial charge in [0.05, 0.1) is 18.0 Å². The second-order valence-electron chi connectivity index (χ2n) is 7.30. The number of carbonyl (C=O) groups is 2. The van der Waals surface area contributed by atoms with Gasteiger partial charge in [-0.1, -0.05) is 49.0 Å². The highest BCUT2D eigenvalue weighted by Gasteiger charge is 2.27. The molecular formula is C20H27BrN4O4S. The van der Waals surface area contributed by atoms with Gasteiger partial charge >= 0.3 is 6.09 Å². The van der Waals surface area contributed by atoms with Crippen molar-refractivity contribution in [3.63, 3.8) is 0 Å². The van der Waals surface area contributed by atoms with E-state index >= 15 is 0 Å². The summed E-state index contributed by atoms with van der Waals surface area (Å²) in [7, 11) is 1.26. The van der Waals surface area contributed by atoms with Crippen molar-refractivity contribution in [2.45, 2.75) is 45.6 Å². The number of aromatic amines is 1. The number of H-pyrrole nitrogens is 1. The number of alkyl carbamates (subject to hydrolysis) is 1. The molecule has 0 unspecified atom stereocenters. The molecule has 0 saturated carbocycles. The molecule has 2 rings (SSSR count). The van der Waals surface area contributed by atoms with Gasteiger partial charge in [0.25, 0.3) is 11.5 Å². The number of ether oxygens (including phenoxy) is 1. The van der Waals surface area contributed by atoms with Crippen molar-refractivity contribution in [2.24, 2.45) is 5.92 Å². The third-order valence-corrected chi connectivity index (χ3v) is 5.54. The molecule has 164 valence electrons. The number of amides is 2. The van der Waals surface area contributed by atoms with Gasteiger partial charge in [-0.05, 0) is 37.0 Å². The molecule has 2 aromatic rings. The Kier molecular flexibility index (Phi) is 9.16. The van der Waals surface area contributed by atoms with Crippen molar-refractivity contribution in [2.75, 3.05) is 13.7 Å². The zero-order valence-corrected chi connectivity index (χ0v) is 19.8. The van der Waals surface area contributed by atoms with Gasteiger partial charge in [-0.25, -0.2) is 9.78 Å². The molecule has 0 bridgehead atoms. The van der Waals surface area contributed by atoms with Crippen molar-refractivity contribution in [1.29, 1.82) is 0 Å². The number of halogens is 1. The summed E-state index contributed by atoms with van der Waals surface area (Å²) in [5.74, 6) is 0.276. The fourth-order valence-electron chi connectivity index (χ4n) is 2.98. The topological polar surface area (TPSA) is 104 Å². The number of hydrogen-bond acceptors (Lipinski definition) is 6. The fourth-order valence-corrected chi connectivity index (χ4v) is 3.60. The number of methoxy groups -OCH3 is 1. The Morgan fingerprint density at radius 3 is 2.70 bits per heavy atom. The molecule has 0 fully saturated rings. The Balaban J connectivity index is 1.83. The monoisotopic (exact) mass is 498 g/mol. The number of thiol groups is 1. The van der Waals surface area contributed by atoms with E-state index in [1.54, 1.807) is 6.07 Å². The molecule has 0 saturated heterocycles. The Labute approximate surface area is 189 Å². The molecule has 1 heterocycles. The average Bonchev–Trinajstić information content (AvgIpc) is 2.70. The minimum atomic E-state index is -0.693. The smallest absolute Gasteiger partial charge is 0.407 e. The van der Waals surface area contributed by atoms with Gasteiger partial charge in [0, 0.05) is 17.4 Å². The van der Waals surface area contributed by atoms with Crippen molar-refractivity contribution in [3.05, 3.63) is 38.9 Å². The highest BCUT2D eigenvalue weighted by molar-refractivity contribution is 9.10. The van der Waals surface area contributed by atoms with Crippen LogP contribution in [0.1, 0.15) is 38.9 Å². The quantitative estimate of drug-likeness (QED) is 0.362. The summed E-state index contributed by atoms with van der Waals surface area (Å²) in [6.45, 7) is 4.13. The summed E-state index contributed by atoms with van der Waals surface area (Å²) in [5.41, 5.74) is 0.514. The van der Waals surface area contributed by atoms with Gasteiger partial charge in [-0.2, -0.15) is 0 Å². The van der Waals surface area contributed by atoms with Crippen LogP contribution < -0.4 is 10.9 Å². The first-order valence-corrected chi connectivity index (χ1v) is 11.0. The van der Waals surface area contributed by atoms with Crippen molar-refractivity contribution in [1.82, 2.24) is 19.6 Å². The first kappa shape index (κ1) is 24.2. The van der Waals surface area contributed by atoms with E-state index in [0.717, 1.165) is 23.7 Å². The lowest BCUT2D eigenvalue weighted by Crippen LogP contribution is -2.49. The standard InChI is InChI=1S/C20H27BrN4O4S/c1-12(2)17(24-20(28)29-3)19(27)25(30)10-6-4-5-7-16-22-15-11-13(21)8-9-14(15)18(26)23-16/h8-9,11-12,17,30H,4-7,10H2,1-3H3,(H,24,28)(H,22,23,26)/t17-/m0/s1. The number of rotatable bonds is 9. The van der Waals surface area contributed by atoms with E-state index in [4.69, 9.17) is 0 Å². The molecule has 0 aliphatic carbocycles. The second kappa shape index (κ2) is 11.4. The SMILES string of the molecule is COC(=O)N[C@H](C(=O)N(S)CCCCCc1nc2cc(Br)ccc2c(=O)[nH]1)C(C)C. The molecular weight excluding hydrogens is 472 g/mol. The number of aryl methyl sites for hydroxylation is 1. The zero-order valence-electron chi connectivity index (χ0n) is 17.3. The molecule has 1 aromatic heterocycles. The highest BCUT2D eigenvalue weighted by atomic mass is 79.9. The van der Waals surface area contributed by atoms with E-state index < -0.39 is 12.1 Å². The average molecular weight is 499 g/mol. The molecule has 10 heteroatoms. The molecule has 0 radical (unpaired) electrons. The molecule has 1 aromatic carbocycles. The maximum Gasteiger partial charge on any atom is 0.407 e. The molecule has 0 aliphatic rings. The largest absolute Gasteiger partial charge is 0.453 e. The number of hydrogen-bond donors (Lipinski definition) is 3. The number of unbranched alkanes of at least 4 members (excludes halogenated alkanes) is 2. The Morgan fingerprint density at radius 2 is 2.03 bits per heavy atom. The minimum Gasteiger partial charge on any atom is -0.453 e.